The summed E-state index contributed by atoms with van der Waals surface area (Å²) in [4.78, 5) is 46.8. The summed E-state index contributed by atoms with van der Waals surface area (Å²) in [6, 6.07) is 28.9. The number of fused-ring (bicyclic) bond motifs is 1. The third kappa shape index (κ3) is 5.72. The Balaban J connectivity index is 1.53. The summed E-state index contributed by atoms with van der Waals surface area (Å²) in [5.41, 5.74) is 5.44. The molecule has 1 atom stereocenters. The van der Waals surface area contributed by atoms with Gasteiger partial charge in [0, 0.05) is 26.9 Å². The van der Waals surface area contributed by atoms with Gasteiger partial charge in [0.1, 0.15) is 0 Å². The van der Waals surface area contributed by atoms with Crippen LogP contribution in [0.1, 0.15) is 32.6 Å². The van der Waals surface area contributed by atoms with E-state index in [0.29, 0.717) is 28.2 Å². The van der Waals surface area contributed by atoms with Crippen molar-refractivity contribution in [2.45, 2.75) is 20.0 Å². The maximum absolute atomic E-state index is 14.0. The summed E-state index contributed by atoms with van der Waals surface area (Å²) in [5.74, 6) is -0.722. The smallest absolute Gasteiger partial charge is 0.308 e. The molecule has 0 bridgehead atoms. The minimum Gasteiger partial charge on any atom is -0.308 e. The second kappa shape index (κ2) is 11.7. The normalized spacial score (nSPS) is 14.6. The Kier molecular flexibility index (Phi) is 7.89. The van der Waals surface area contributed by atoms with Gasteiger partial charge >= 0.3 is 6.03 Å². The summed E-state index contributed by atoms with van der Waals surface area (Å²) in [7, 11) is 0. The van der Waals surface area contributed by atoms with Crippen LogP contribution < -0.4 is 15.5 Å². The Morgan fingerprint density at radius 1 is 0.875 bits per heavy atom. The van der Waals surface area contributed by atoms with Crippen LogP contribution in [0.25, 0.3) is 0 Å². The topological polar surface area (TPSA) is 90.9 Å². The number of aliphatic imine (C=N–C) groups is 1. The number of amides is 3. The molecule has 0 saturated heterocycles. The van der Waals surface area contributed by atoms with Crippen molar-refractivity contribution in [2.24, 2.45) is 4.99 Å². The maximum atomic E-state index is 14.0. The molecule has 2 N–H and O–H groups in total. The standard InChI is InChI=1S/C32H27BrN4O3/c1-20-10-6-7-13-24(20)28(38)19-37-27-15-9-8-14-25(27)29(22-11-4-3-5-12-22)35-30(31(37)39)36-32(40)34-23-16-17-26(33)21(2)18-23/h3-18,30H,19H2,1-2H3,(H2,34,36,40)/t30-/m1/s1. The number of aryl methyl sites for hydroxylation is 2. The number of benzodiazepines with no additional fused rings is 1. The van der Waals surface area contributed by atoms with Crippen LogP contribution in [-0.2, 0) is 4.79 Å². The minimum absolute atomic E-state index is 0.204. The Morgan fingerprint density at radius 3 is 2.33 bits per heavy atom. The molecule has 7 nitrogen and oxygen atoms in total. The number of rotatable bonds is 6. The molecule has 0 unspecified atom stereocenters. The Hall–Kier alpha value is -4.56. The molecule has 0 saturated carbocycles. The van der Waals surface area contributed by atoms with E-state index in [1.807, 2.05) is 86.6 Å². The van der Waals surface area contributed by atoms with E-state index in [4.69, 9.17) is 4.99 Å². The molecule has 8 heteroatoms. The summed E-state index contributed by atoms with van der Waals surface area (Å²) >= 11 is 3.46. The third-order valence-electron chi connectivity index (χ3n) is 6.69. The molecular formula is C32H27BrN4O3. The van der Waals surface area contributed by atoms with Crippen LogP contribution in [0.5, 0.6) is 0 Å². The molecule has 4 aromatic carbocycles. The van der Waals surface area contributed by atoms with Gasteiger partial charge < -0.3 is 15.5 Å². The second-order valence-corrected chi connectivity index (χ2v) is 10.3. The highest BCUT2D eigenvalue weighted by molar-refractivity contribution is 9.10. The highest BCUT2D eigenvalue weighted by atomic mass is 79.9. The molecule has 40 heavy (non-hydrogen) atoms. The molecular weight excluding hydrogens is 568 g/mol. The first kappa shape index (κ1) is 27.0. The number of para-hydroxylation sites is 1. The van der Waals surface area contributed by atoms with Crippen molar-refractivity contribution >= 4 is 50.7 Å². The van der Waals surface area contributed by atoms with Gasteiger partial charge in [-0.1, -0.05) is 88.7 Å². The van der Waals surface area contributed by atoms with Crippen molar-refractivity contribution in [3.05, 3.63) is 129 Å². The van der Waals surface area contributed by atoms with Gasteiger partial charge in [-0.3, -0.25) is 9.59 Å². The van der Waals surface area contributed by atoms with Gasteiger partial charge in [0.25, 0.3) is 5.91 Å². The molecule has 0 radical (unpaired) electrons. The summed E-state index contributed by atoms with van der Waals surface area (Å²) in [6.45, 7) is 3.57. The van der Waals surface area contributed by atoms with Crippen LogP contribution in [0.3, 0.4) is 0 Å². The van der Waals surface area contributed by atoms with E-state index in [2.05, 4.69) is 26.6 Å². The molecule has 1 heterocycles. The van der Waals surface area contributed by atoms with Crippen molar-refractivity contribution in [1.82, 2.24) is 5.32 Å². The molecule has 0 aromatic heterocycles. The third-order valence-corrected chi connectivity index (χ3v) is 7.58. The fourth-order valence-electron chi connectivity index (χ4n) is 4.64. The van der Waals surface area contributed by atoms with E-state index in [9.17, 15) is 14.4 Å². The van der Waals surface area contributed by atoms with Crippen molar-refractivity contribution in [3.8, 4) is 0 Å². The fourth-order valence-corrected chi connectivity index (χ4v) is 4.89. The van der Waals surface area contributed by atoms with Crippen molar-refractivity contribution in [3.63, 3.8) is 0 Å². The highest BCUT2D eigenvalue weighted by Crippen LogP contribution is 2.29. The maximum Gasteiger partial charge on any atom is 0.321 e. The monoisotopic (exact) mass is 594 g/mol. The van der Waals surface area contributed by atoms with Crippen molar-refractivity contribution < 1.29 is 14.4 Å². The average molecular weight is 595 g/mol. The number of anilines is 2. The largest absolute Gasteiger partial charge is 0.321 e. The van der Waals surface area contributed by atoms with E-state index in [1.165, 1.54) is 4.90 Å². The van der Waals surface area contributed by atoms with E-state index in [-0.39, 0.29) is 12.3 Å². The molecule has 3 amide bonds. The number of carbonyl (C=O) groups excluding carboxylic acids is 3. The second-order valence-electron chi connectivity index (χ2n) is 9.49. The highest BCUT2D eigenvalue weighted by Gasteiger charge is 2.34. The summed E-state index contributed by atoms with van der Waals surface area (Å²) < 4.78 is 0.918. The van der Waals surface area contributed by atoms with Crippen LogP contribution >= 0.6 is 15.9 Å². The minimum atomic E-state index is -1.27. The zero-order valence-electron chi connectivity index (χ0n) is 22.0. The number of hydrogen-bond acceptors (Lipinski definition) is 4. The van der Waals surface area contributed by atoms with Crippen LogP contribution in [0.2, 0.25) is 0 Å². The van der Waals surface area contributed by atoms with Gasteiger partial charge in [0.2, 0.25) is 6.17 Å². The first-order chi connectivity index (χ1) is 19.3. The lowest BCUT2D eigenvalue weighted by atomic mass is 9.99. The number of carbonyl (C=O) groups is 3. The lowest BCUT2D eigenvalue weighted by molar-refractivity contribution is -0.120. The van der Waals surface area contributed by atoms with E-state index >= 15 is 0 Å². The van der Waals surface area contributed by atoms with E-state index < -0.39 is 18.1 Å². The molecule has 5 rings (SSSR count). The lowest BCUT2D eigenvalue weighted by Gasteiger charge is -2.25. The molecule has 1 aliphatic heterocycles. The van der Waals surface area contributed by atoms with Gasteiger partial charge in [-0.15, -0.1) is 0 Å². The zero-order chi connectivity index (χ0) is 28.2. The fraction of sp³-hybridized carbons (Fsp3) is 0.125. The lowest BCUT2D eigenvalue weighted by Crippen LogP contribution is -2.50. The van der Waals surface area contributed by atoms with E-state index in [0.717, 1.165) is 21.2 Å². The molecule has 200 valence electrons. The molecule has 1 aliphatic rings. The van der Waals surface area contributed by atoms with Crippen LogP contribution in [0.15, 0.2) is 107 Å². The van der Waals surface area contributed by atoms with E-state index in [1.54, 1.807) is 24.3 Å². The zero-order valence-corrected chi connectivity index (χ0v) is 23.6. The van der Waals surface area contributed by atoms with Crippen LogP contribution in [0, 0.1) is 13.8 Å². The Bertz CT molecular complexity index is 1630. The molecule has 0 aliphatic carbocycles. The molecule has 0 spiro atoms. The summed E-state index contributed by atoms with van der Waals surface area (Å²) in [5, 5.41) is 5.51. The van der Waals surface area contributed by atoms with Crippen LogP contribution in [0.4, 0.5) is 16.2 Å². The van der Waals surface area contributed by atoms with Gasteiger partial charge in [0.15, 0.2) is 5.78 Å². The predicted octanol–water partition coefficient (Wildman–Crippen LogP) is 6.28. The van der Waals surface area contributed by atoms with Gasteiger partial charge in [-0.05, 0) is 49.2 Å². The van der Waals surface area contributed by atoms with Crippen molar-refractivity contribution in [2.75, 3.05) is 16.8 Å². The number of benzene rings is 4. The first-order valence-electron chi connectivity index (χ1n) is 12.8. The van der Waals surface area contributed by atoms with Crippen LogP contribution in [-0.4, -0.2) is 36.1 Å². The average Bonchev–Trinajstić information content (AvgIpc) is 3.06. The number of nitrogens with zero attached hydrogens (tertiary/aromatic N) is 2. The Labute approximate surface area is 241 Å². The van der Waals surface area contributed by atoms with Gasteiger partial charge in [-0.2, -0.15) is 0 Å². The molecule has 0 fully saturated rings. The molecule has 4 aromatic rings. The SMILES string of the molecule is Cc1cc(NC(=O)N[C@H]2N=C(c3ccccc3)c3ccccc3N(CC(=O)c3ccccc3C)C2=O)ccc1Br. The number of ketones is 1. The van der Waals surface area contributed by atoms with Crippen molar-refractivity contribution in [1.29, 1.82) is 0 Å². The quantitative estimate of drug-likeness (QED) is 0.257. The number of Topliss-reactive ketones (excluding diaryl/α,β-unsaturated/α-hetero) is 1. The first-order valence-corrected chi connectivity index (χ1v) is 13.6. The number of halogens is 1. The predicted molar refractivity (Wildman–Crippen MR) is 161 cm³/mol. The number of hydrogen-bond donors (Lipinski definition) is 2. The Morgan fingerprint density at radius 2 is 1.57 bits per heavy atom. The number of urea groups is 1. The summed E-state index contributed by atoms with van der Waals surface area (Å²) in [6.07, 6.45) is -1.27. The van der Waals surface area contributed by atoms with Gasteiger partial charge in [0.05, 0.1) is 17.9 Å². The van der Waals surface area contributed by atoms with Gasteiger partial charge in [-0.25, -0.2) is 9.79 Å². The number of nitrogens with one attached hydrogen (secondary N) is 2.